The summed E-state index contributed by atoms with van der Waals surface area (Å²) in [5.41, 5.74) is 1.74. The summed E-state index contributed by atoms with van der Waals surface area (Å²) in [6, 6.07) is 16.9. The van der Waals surface area contributed by atoms with E-state index in [4.69, 9.17) is 10.2 Å². The third kappa shape index (κ3) is 8.19. The molecule has 0 radical (unpaired) electrons. The monoisotopic (exact) mass is 631 g/mol. The van der Waals surface area contributed by atoms with Crippen LogP contribution in [-0.2, 0) is 26.6 Å². The van der Waals surface area contributed by atoms with E-state index in [0.29, 0.717) is 35.6 Å². The number of urea groups is 1. The molecule has 17 heteroatoms. The number of hydrogen-bond donors (Lipinski definition) is 6. The van der Waals surface area contributed by atoms with Crippen molar-refractivity contribution in [3.8, 4) is 0 Å². The van der Waals surface area contributed by atoms with Gasteiger partial charge in [-0.3, -0.25) is 0 Å². The van der Waals surface area contributed by atoms with Gasteiger partial charge in [0.15, 0.2) is 5.84 Å². The number of oxime groups is 1. The summed E-state index contributed by atoms with van der Waals surface area (Å²) < 4.78 is 50.5. The fraction of sp³-hybridized carbons (Fsp3) is 0.192. The van der Waals surface area contributed by atoms with Gasteiger partial charge < -0.3 is 30.7 Å². The van der Waals surface area contributed by atoms with Gasteiger partial charge in [0.1, 0.15) is 0 Å². The third-order valence-corrected chi connectivity index (χ3v) is 8.81. The van der Waals surface area contributed by atoms with E-state index < -0.39 is 32.2 Å². The summed E-state index contributed by atoms with van der Waals surface area (Å²) in [4.78, 5) is 26.6. The quantitative estimate of drug-likeness (QED) is 0.0923. The Bertz CT molecular complexity index is 1720. The number of carbonyl (C=O) groups excluding carboxylic acids is 1. The van der Waals surface area contributed by atoms with E-state index in [1.807, 2.05) is 0 Å². The fourth-order valence-corrected chi connectivity index (χ4v) is 5.75. The molecule has 0 aliphatic carbocycles. The van der Waals surface area contributed by atoms with Gasteiger partial charge in [0, 0.05) is 49.7 Å². The molecule has 0 saturated carbocycles. The molecule has 1 aliphatic rings. The Hall–Kier alpha value is -4.71. The van der Waals surface area contributed by atoms with Crippen LogP contribution in [0, 0.1) is 0 Å². The predicted molar refractivity (Wildman–Crippen MR) is 157 cm³/mol. The van der Waals surface area contributed by atoms with Crippen LogP contribution in [0.2, 0.25) is 0 Å². The molecule has 3 aromatic rings. The SMILES string of the molecule is NS(=O)(=O)c1ccc(CNS(=O)(=O)c2ccc(NC(=O)Nc3cccc(C(=NO)N4CCN(C(=O)O)CC4)c3)cc2)cc1. The molecular weight excluding hydrogens is 602 g/mol. The highest BCUT2D eigenvalue weighted by Crippen LogP contribution is 2.18. The van der Waals surface area contributed by atoms with E-state index in [-0.39, 0.29) is 35.3 Å². The molecule has 0 atom stereocenters. The van der Waals surface area contributed by atoms with Gasteiger partial charge in [-0.2, -0.15) is 0 Å². The standard InChI is InChI=1S/C26H29N7O8S2/c27-42(38,39)22-8-4-18(5-9-22)17-28-43(40,41)23-10-6-20(7-11-23)29-25(34)30-21-3-1-2-19(16-21)24(31-37)32-12-14-33(15-13-32)26(35)36/h1-11,16,28,37H,12-15,17H2,(H,35,36)(H2,27,38,39)(H2,29,30,34). The number of carbonyl (C=O) groups is 2. The second-order valence-electron chi connectivity index (χ2n) is 9.38. The van der Waals surface area contributed by atoms with E-state index in [1.54, 1.807) is 29.2 Å². The van der Waals surface area contributed by atoms with Crippen molar-refractivity contribution in [3.63, 3.8) is 0 Å². The molecule has 1 heterocycles. The molecule has 0 spiro atoms. The second kappa shape index (κ2) is 13.1. The van der Waals surface area contributed by atoms with Crippen LogP contribution >= 0.6 is 0 Å². The summed E-state index contributed by atoms with van der Waals surface area (Å²) in [5, 5.41) is 32.5. The summed E-state index contributed by atoms with van der Waals surface area (Å²) in [6.45, 7) is 1.08. The Kier molecular flexibility index (Phi) is 9.50. The molecule has 43 heavy (non-hydrogen) atoms. The van der Waals surface area contributed by atoms with E-state index >= 15 is 0 Å². The molecule has 15 nitrogen and oxygen atoms in total. The lowest BCUT2D eigenvalue weighted by Crippen LogP contribution is -2.50. The second-order valence-corrected chi connectivity index (χ2v) is 12.7. The average Bonchev–Trinajstić information content (AvgIpc) is 2.97. The maximum absolute atomic E-state index is 12.7. The summed E-state index contributed by atoms with van der Waals surface area (Å²) in [6.07, 6.45) is -1.01. The molecule has 3 amide bonds. The lowest BCUT2D eigenvalue weighted by molar-refractivity contribution is 0.123. The molecule has 0 bridgehead atoms. The summed E-state index contributed by atoms with van der Waals surface area (Å²) >= 11 is 0. The van der Waals surface area contributed by atoms with Crippen molar-refractivity contribution in [3.05, 3.63) is 83.9 Å². The van der Waals surface area contributed by atoms with Crippen LogP contribution in [0.4, 0.5) is 21.0 Å². The zero-order chi connectivity index (χ0) is 31.2. The number of amides is 3. The Labute approximate surface area is 247 Å². The highest BCUT2D eigenvalue weighted by atomic mass is 32.2. The topological polar surface area (TPSA) is 224 Å². The van der Waals surface area contributed by atoms with Crippen LogP contribution in [0.15, 0.2) is 87.7 Å². The summed E-state index contributed by atoms with van der Waals surface area (Å²) in [5.74, 6) is 0.236. The molecule has 1 saturated heterocycles. The van der Waals surface area contributed by atoms with Gasteiger partial charge in [0.2, 0.25) is 20.0 Å². The number of nitrogens with zero attached hydrogens (tertiary/aromatic N) is 3. The van der Waals surface area contributed by atoms with Crippen LogP contribution in [0.1, 0.15) is 11.1 Å². The molecule has 228 valence electrons. The van der Waals surface area contributed by atoms with Crippen molar-refractivity contribution in [2.75, 3.05) is 36.8 Å². The fourth-order valence-electron chi connectivity index (χ4n) is 4.22. The number of anilines is 2. The number of piperazine rings is 1. The average molecular weight is 632 g/mol. The Morgan fingerprint density at radius 1 is 0.814 bits per heavy atom. The minimum absolute atomic E-state index is 0.0488. The van der Waals surface area contributed by atoms with Gasteiger partial charge >= 0.3 is 12.1 Å². The molecular formula is C26H29N7O8S2. The van der Waals surface area contributed by atoms with E-state index in [9.17, 15) is 31.6 Å². The van der Waals surface area contributed by atoms with Crippen LogP contribution in [0.25, 0.3) is 0 Å². The maximum Gasteiger partial charge on any atom is 0.407 e. The number of benzene rings is 3. The first-order valence-electron chi connectivity index (χ1n) is 12.7. The predicted octanol–water partition coefficient (Wildman–Crippen LogP) is 1.89. The van der Waals surface area contributed by atoms with Crippen molar-refractivity contribution in [1.29, 1.82) is 0 Å². The lowest BCUT2D eigenvalue weighted by atomic mass is 10.1. The van der Waals surface area contributed by atoms with Crippen LogP contribution in [0.3, 0.4) is 0 Å². The molecule has 1 fully saturated rings. The normalized spacial score (nSPS) is 14.3. The number of primary sulfonamides is 1. The van der Waals surface area contributed by atoms with E-state index in [0.717, 1.165) is 0 Å². The first-order valence-corrected chi connectivity index (χ1v) is 15.7. The highest BCUT2D eigenvalue weighted by molar-refractivity contribution is 7.89. The van der Waals surface area contributed by atoms with Crippen molar-refractivity contribution >= 4 is 49.4 Å². The van der Waals surface area contributed by atoms with Crippen LogP contribution in [-0.4, -0.2) is 81.1 Å². The van der Waals surface area contributed by atoms with Gasteiger partial charge in [0.05, 0.1) is 9.79 Å². The minimum Gasteiger partial charge on any atom is -0.465 e. The van der Waals surface area contributed by atoms with Crippen LogP contribution < -0.4 is 20.5 Å². The summed E-state index contributed by atoms with van der Waals surface area (Å²) in [7, 11) is -7.77. The highest BCUT2D eigenvalue weighted by Gasteiger charge is 2.24. The molecule has 0 aromatic heterocycles. The van der Waals surface area contributed by atoms with Crippen molar-refractivity contribution in [1.82, 2.24) is 14.5 Å². The molecule has 1 aliphatic heterocycles. The van der Waals surface area contributed by atoms with Crippen molar-refractivity contribution in [2.45, 2.75) is 16.3 Å². The van der Waals surface area contributed by atoms with Crippen molar-refractivity contribution < 1.29 is 36.7 Å². The molecule has 0 unspecified atom stereocenters. The van der Waals surface area contributed by atoms with Gasteiger partial charge in [-0.05, 0) is 54.1 Å². The Morgan fingerprint density at radius 2 is 1.40 bits per heavy atom. The van der Waals surface area contributed by atoms with Gasteiger partial charge in [0.25, 0.3) is 0 Å². The first kappa shape index (κ1) is 31.2. The Morgan fingerprint density at radius 3 is 1.98 bits per heavy atom. The number of nitrogens with two attached hydrogens (primary N) is 1. The largest absolute Gasteiger partial charge is 0.465 e. The first-order chi connectivity index (χ1) is 20.4. The number of amidine groups is 1. The third-order valence-electron chi connectivity index (χ3n) is 6.46. The molecule has 7 N–H and O–H groups in total. The maximum atomic E-state index is 12.7. The minimum atomic E-state index is -3.91. The zero-order valence-corrected chi connectivity index (χ0v) is 24.2. The van der Waals surface area contributed by atoms with Gasteiger partial charge in [-0.15, -0.1) is 0 Å². The van der Waals surface area contributed by atoms with Crippen LogP contribution in [0.5, 0.6) is 0 Å². The number of sulfonamides is 2. The van der Waals surface area contributed by atoms with E-state index in [1.165, 1.54) is 53.4 Å². The number of hydrogen-bond acceptors (Lipinski definition) is 8. The van der Waals surface area contributed by atoms with Gasteiger partial charge in [-0.1, -0.05) is 29.4 Å². The number of nitrogens with one attached hydrogen (secondary N) is 3. The number of carboxylic acid groups (broad SMARTS) is 1. The molecule has 4 rings (SSSR count). The van der Waals surface area contributed by atoms with Crippen molar-refractivity contribution in [2.24, 2.45) is 10.3 Å². The zero-order valence-electron chi connectivity index (χ0n) is 22.5. The van der Waals surface area contributed by atoms with E-state index in [2.05, 4.69) is 20.5 Å². The smallest absolute Gasteiger partial charge is 0.407 e. The lowest BCUT2D eigenvalue weighted by Gasteiger charge is -2.34. The van der Waals surface area contributed by atoms with Gasteiger partial charge in [-0.25, -0.2) is 36.3 Å². The molecule has 3 aromatic carbocycles. The Balaban J connectivity index is 1.33. The number of rotatable bonds is 8.